The molecular weight excluding hydrogens is 292 g/mol. The van der Waals surface area contributed by atoms with Crippen LogP contribution in [-0.2, 0) is 14.4 Å². The first kappa shape index (κ1) is 21.6. The number of ether oxygens (including phenoxy) is 1. The highest BCUT2D eigenvalue weighted by Gasteiger charge is 2.01. The SMILES string of the molecule is CCC=CCC=CCC(C=CCCCCCCC(=O)OC)OO. The molecule has 0 saturated heterocycles. The lowest BCUT2D eigenvalue weighted by Gasteiger charge is -2.05. The van der Waals surface area contributed by atoms with Crippen molar-refractivity contribution in [3.8, 4) is 0 Å². The predicted molar refractivity (Wildman–Crippen MR) is 94.2 cm³/mol. The number of allylic oxidation sites excluding steroid dienone is 4. The van der Waals surface area contributed by atoms with E-state index in [1.807, 2.05) is 18.2 Å². The molecule has 0 fully saturated rings. The smallest absolute Gasteiger partial charge is 0.305 e. The Morgan fingerprint density at radius 3 is 2.48 bits per heavy atom. The Balaban J connectivity index is 3.65. The van der Waals surface area contributed by atoms with Crippen molar-refractivity contribution in [2.75, 3.05) is 7.11 Å². The Hall–Kier alpha value is -1.39. The molecule has 0 radical (unpaired) electrons. The third kappa shape index (κ3) is 15.3. The molecule has 0 saturated carbocycles. The maximum absolute atomic E-state index is 10.9. The molecule has 4 nitrogen and oxygen atoms in total. The fourth-order valence-corrected chi connectivity index (χ4v) is 2.06. The van der Waals surface area contributed by atoms with Crippen molar-refractivity contribution in [3.63, 3.8) is 0 Å². The van der Waals surface area contributed by atoms with Gasteiger partial charge in [-0.05, 0) is 38.5 Å². The highest BCUT2D eigenvalue weighted by molar-refractivity contribution is 5.68. The number of carbonyl (C=O) groups is 1. The van der Waals surface area contributed by atoms with E-state index in [0.717, 1.165) is 44.9 Å². The Labute approximate surface area is 140 Å². The zero-order chi connectivity index (χ0) is 17.2. The minimum atomic E-state index is -0.277. The fraction of sp³-hybridized carbons (Fsp3) is 0.632. The minimum absolute atomic E-state index is 0.133. The number of rotatable bonds is 14. The molecular formula is C19H32O4. The van der Waals surface area contributed by atoms with Crippen molar-refractivity contribution in [1.29, 1.82) is 0 Å². The number of carbonyl (C=O) groups excluding carboxylic acids is 1. The van der Waals surface area contributed by atoms with E-state index in [1.165, 1.54) is 7.11 Å². The van der Waals surface area contributed by atoms with Gasteiger partial charge in [0.05, 0.1) is 7.11 Å². The summed E-state index contributed by atoms with van der Waals surface area (Å²) in [6.07, 6.45) is 20.2. The molecule has 132 valence electrons. The highest BCUT2D eigenvalue weighted by atomic mass is 17.1. The lowest BCUT2D eigenvalue weighted by Crippen LogP contribution is -2.05. The Morgan fingerprint density at radius 1 is 1.04 bits per heavy atom. The van der Waals surface area contributed by atoms with Crippen molar-refractivity contribution >= 4 is 5.97 Å². The van der Waals surface area contributed by atoms with Crippen LogP contribution in [0.15, 0.2) is 36.5 Å². The second-order valence-electron chi connectivity index (χ2n) is 5.42. The van der Waals surface area contributed by atoms with E-state index in [9.17, 15) is 4.79 Å². The maximum Gasteiger partial charge on any atom is 0.305 e. The summed E-state index contributed by atoms with van der Waals surface area (Å²) < 4.78 is 4.60. The summed E-state index contributed by atoms with van der Waals surface area (Å²) in [5.41, 5.74) is 0. The fourth-order valence-electron chi connectivity index (χ4n) is 2.06. The minimum Gasteiger partial charge on any atom is -0.469 e. The lowest BCUT2D eigenvalue weighted by molar-refractivity contribution is -0.264. The average Bonchev–Trinajstić information content (AvgIpc) is 2.57. The third-order valence-corrected chi connectivity index (χ3v) is 3.43. The average molecular weight is 324 g/mol. The molecule has 0 aromatic heterocycles. The molecule has 0 rings (SSSR count). The largest absolute Gasteiger partial charge is 0.469 e. The Kier molecular flexibility index (Phi) is 15.9. The van der Waals surface area contributed by atoms with Crippen molar-refractivity contribution < 1.29 is 19.7 Å². The Bertz CT molecular complexity index is 358. The van der Waals surface area contributed by atoms with Gasteiger partial charge in [0.15, 0.2) is 0 Å². The standard InChI is InChI=1S/C19H32O4/c1-3-4-5-6-9-12-15-18(23-21)16-13-10-7-8-11-14-17-19(20)22-2/h4-5,9,12-13,16,18,21H,3,6-8,10-11,14-15,17H2,1-2H3. The van der Waals surface area contributed by atoms with Gasteiger partial charge in [0.2, 0.25) is 0 Å². The normalized spacial score (nSPS) is 13.3. The van der Waals surface area contributed by atoms with Crippen molar-refractivity contribution in [1.82, 2.24) is 0 Å². The summed E-state index contributed by atoms with van der Waals surface area (Å²) in [5.74, 6) is -0.133. The molecule has 1 unspecified atom stereocenters. The van der Waals surface area contributed by atoms with Gasteiger partial charge in [0, 0.05) is 6.42 Å². The second kappa shape index (κ2) is 17.0. The zero-order valence-electron chi connectivity index (χ0n) is 14.6. The first-order valence-corrected chi connectivity index (χ1v) is 8.58. The molecule has 1 atom stereocenters. The van der Waals surface area contributed by atoms with Crippen LogP contribution in [0.1, 0.15) is 64.7 Å². The van der Waals surface area contributed by atoms with Crippen LogP contribution in [0.3, 0.4) is 0 Å². The van der Waals surface area contributed by atoms with E-state index >= 15 is 0 Å². The Morgan fingerprint density at radius 2 is 1.78 bits per heavy atom. The highest BCUT2D eigenvalue weighted by Crippen LogP contribution is 2.08. The van der Waals surface area contributed by atoms with Crippen molar-refractivity contribution in [2.24, 2.45) is 0 Å². The van der Waals surface area contributed by atoms with Crippen LogP contribution in [-0.4, -0.2) is 24.4 Å². The van der Waals surface area contributed by atoms with Gasteiger partial charge in [-0.1, -0.05) is 56.2 Å². The number of esters is 1. The van der Waals surface area contributed by atoms with Crippen LogP contribution in [0.5, 0.6) is 0 Å². The van der Waals surface area contributed by atoms with Gasteiger partial charge in [-0.15, -0.1) is 0 Å². The van der Waals surface area contributed by atoms with Gasteiger partial charge < -0.3 is 4.74 Å². The van der Waals surface area contributed by atoms with Crippen LogP contribution in [0.25, 0.3) is 0 Å². The number of hydrogen-bond donors (Lipinski definition) is 1. The molecule has 0 spiro atoms. The van der Waals surface area contributed by atoms with Crippen LogP contribution in [0.2, 0.25) is 0 Å². The second-order valence-corrected chi connectivity index (χ2v) is 5.42. The monoisotopic (exact) mass is 324 g/mol. The quantitative estimate of drug-likeness (QED) is 0.156. The molecule has 0 aliphatic rings. The van der Waals surface area contributed by atoms with Gasteiger partial charge in [-0.3, -0.25) is 10.1 Å². The molecule has 0 amide bonds. The molecule has 23 heavy (non-hydrogen) atoms. The summed E-state index contributed by atoms with van der Waals surface area (Å²) in [4.78, 5) is 15.4. The molecule has 0 aliphatic heterocycles. The summed E-state index contributed by atoms with van der Waals surface area (Å²) >= 11 is 0. The van der Waals surface area contributed by atoms with E-state index in [2.05, 4.69) is 34.8 Å². The molecule has 0 bridgehead atoms. The van der Waals surface area contributed by atoms with Gasteiger partial charge in [0.1, 0.15) is 6.10 Å². The molecule has 0 heterocycles. The summed E-state index contributed by atoms with van der Waals surface area (Å²) in [6, 6.07) is 0. The van der Waals surface area contributed by atoms with E-state index in [1.54, 1.807) is 0 Å². The van der Waals surface area contributed by atoms with Crippen LogP contribution >= 0.6 is 0 Å². The number of methoxy groups -OCH3 is 1. The molecule has 1 N–H and O–H groups in total. The summed E-state index contributed by atoms with van der Waals surface area (Å²) in [6.45, 7) is 2.11. The topological polar surface area (TPSA) is 55.8 Å². The molecule has 4 heteroatoms. The zero-order valence-corrected chi connectivity index (χ0v) is 14.6. The molecule has 0 aromatic carbocycles. The van der Waals surface area contributed by atoms with Crippen molar-refractivity contribution in [2.45, 2.75) is 70.8 Å². The van der Waals surface area contributed by atoms with E-state index < -0.39 is 0 Å². The van der Waals surface area contributed by atoms with Crippen LogP contribution < -0.4 is 0 Å². The van der Waals surface area contributed by atoms with E-state index in [0.29, 0.717) is 12.8 Å². The summed E-state index contributed by atoms with van der Waals surface area (Å²) in [7, 11) is 1.42. The first-order chi connectivity index (χ1) is 11.2. The van der Waals surface area contributed by atoms with E-state index in [4.69, 9.17) is 5.26 Å². The maximum atomic E-state index is 10.9. The number of unbranched alkanes of at least 4 members (excludes halogenated alkanes) is 4. The van der Waals surface area contributed by atoms with Gasteiger partial charge in [-0.2, -0.15) is 0 Å². The summed E-state index contributed by atoms with van der Waals surface area (Å²) in [5, 5.41) is 8.87. The van der Waals surface area contributed by atoms with E-state index in [-0.39, 0.29) is 12.1 Å². The third-order valence-electron chi connectivity index (χ3n) is 3.43. The van der Waals surface area contributed by atoms with Gasteiger partial charge in [0.25, 0.3) is 0 Å². The molecule has 0 aliphatic carbocycles. The van der Waals surface area contributed by atoms with Crippen molar-refractivity contribution in [3.05, 3.63) is 36.5 Å². The predicted octanol–water partition coefficient (Wildman–Crippen LogP) is 5.22. The number of hydrogen-bond acceptors (Lipinski definition) is 4. The van der Waals surface area contributed by atoms with Gasteiger partial charge in [-0.25, -0.2) is 4.89 Å². The lowest BCUT2D eigenvalue weighted by atomic mass is 10.1. The molecule has 0 aromatic rings. The van der Waals surface area contributed by atoms with Gasteiger partial charge >= 0.3 is 5.97 Å². The van der Waals surface area contributed by atoms with Crippen LogP contribution in [0.4, 0.5) is 0 Å². The van der Waals surface area contributed by atoms with Crippen LogP contribution in [0, 0.1) is 0 Å². The first-order valence-electron chi connectivity index (χ1n) is 8.58.